The summed E-state index contributed by atoms with van der Waals surface area (Å²) in [4.78, 5) is 37.4. The van der Waals surface area contributed by atoms with Crippen molar-refractivity contribution in [1.29, 1.82) is 0 Å². The van der Waals surface area contributed by atoms with E-state index in [4.69, 9.17) is 0 Å². The number of thiophene rings is 1. The van der Waals surface area contributed by atoms with Gasteiger partial charge in [-0.25, -0.2) is 4.79 Å². The van der Waals surface area contributed by atoms with Crippen molar-refractivity contribution in [1.82, 2.24) is 9.13 Å². The number of alkyl halides is 3. The van der Waals surface area contributed by atoms with Gasteiger partial charge < -0.3 is 0 Å². The average Bonchev–Trinajstić information content (AvgIpc) is 3.13. The number of hydrogen-bond donors (Lipinski definition) is 0. The van der Waals surface area contributed by atoms with Gasteiger partial charge >= 0.3 is 11.9 Å². The van der Waals surface area contributed by atoms with Gasteiger partial charge in [0.1, 0.15) is 4.83 Å². The van der Waals surface area contributed by atoms with Crippen molar-refractivity contribution in [3.63, 3.8) is 0 Å². The first-order chi connectivity index (χ1) is 11.6. The maximum absolute atomic E-state index is 12.9. The summed E-state index contributed by atoms with van der Waals surface area (Å²) in [5.41, 5.74) is -1.40. The van der Waals surface area contributed by atoms with Gasteiger partial charge in [0.2, 0.25) is 0 Å². The molecule has 2 aromatic rings. The lowest BCUT2D eigenvalue weighted by molar-refractivity contribution is -0.136. The summed E-state index contributed by atoms with van der Waals surface area (Å²) in [6.07, 6.45) is -3.37. The van der Waals surface area contributed by atoms with E-state index in [0.717, 1.165) is 20.5 Å². The Hall–Kier alpha value is -1.90. The lowest BCUT2D eigenvalue weighted by Gasteiger charge is -2.17. The smallest absolute Gasteiger partial charge is 0.297 e. The third-order valence-electron chi connectivity index (χ3n) is 4.70. The van der Waals surface area contributed by atoms with Crippen LogP contribution in [0, 0.1) is 0 Å². The quantitative estimate of drug-likeness (QED) is 0.756. The molecule has 136 valence electrons. The molecule has 0 radical (unpaired) electrons. The fourth-order valence-corrected chi connectivity index (χ4v) is 4.27. The predicted octanol–water partition coefficient (Wildman–Crippen LogP) is 3.06. The van der Waals surface area contributed by atoms with Crippen molar-refractivity contribution >= 4 is 27.8 Å². The molecule has 0 spiro atoms. The van der Waals surface area contributed by atoms with Crippen LogP contribution >= 0.6 is 11.3 Å². The van der Waals surface area contributed by atoms with Crippen molar-refractivity contribution in [3.05, 3.63) is 31.3 Å². The summed E-state index contributed by atoms with van der Waals surface area (Å²) in [5.74, 6) is 0. The topological polar surface area (TPSA) is 61.1 Å². The van der Waals surface area contributed by atoms with Crippen molar-refractivity contribution in [2.45, 2.75) is 57.8 Å². The van der Waals surface area contributed by atoms with Gasteiger partial charge in [0.15, 0.2) is 6.29 Å². The summed E-state index contributed by atoms with van der Waals surface area (Å²) in [5, 5.41) is 0.199. The van der Waals surface area contributed by atoms with Crippen LogP contribution in [0.25, 0.3) is 10.2 Å². The van der Waals surface area contributed by atoms with E-state index >= 15 is 0 Å². The number of nitrogens with zero attached hydrogens (tertiary/aromatic N) is 2. The van der Waals surface area contributed by atoms with Gasteiger partial charge in [-0.05, 0) is 31.7 Å². The van der Waals surface area contributed by atoms with Crippen LogP contribution in [0.15, 0.2) is 9.59 Å². The predicted molar refractivity (Wildman–Crippen MR) is 88.7 cm³/mol. The van der Waals surface area contributed by atoms with Crippen LogP contribution in [0.2, 0.25) is 0 Å². The van der Waals surface area contributed by atoms with Gasteiger partial charge in [-0.15, -0.1) is 11.3 Å². The lowest BCUT2D eigenvalue weighted by Crippen LogP contribution is -2.45. The fraction of sp³-hybridized carbons (Fsp3) is 0.562. The molecule has 0 aliphatic heterocycles. The Morgan fingerprint density at radius 3 is 2.40 bits per heavy atom. The standard InChI is InChI=1S/C16H17F3N2O3S/c1-3-9-10(8-22)25-13-11(9)12(23)21(15(2)4-5-15)14(24)20(13)7-6-16(17,18)19/h8H,3-7H2,1-2H3. The van der Waals surface area contributed by atoms with Gasteiger partial charge in [0, 0.05) is 6.54 Å². The molecule has 0 amide bonds. The van der Waals surface area contributed by atoms with Gasteiger partial charge in [-0.3, -0.25) is 18.7 Å². The van der Waals surface area contributed by atoms with Gasteiger partial charge in [-0.2, -0.15) is 13.2 Å². The Morgan fingerprint density at radius 1 is 1.28 bits per heavy atom. The number of aromatic nitrogens is 2. The Kier molecular flexibility index (Phi) is 4.17. The third kappa shape index (κ3) is 2.94. The molecule has 1 aliphatic carbocycles. The molecule has 0 N–H and O–H groups in total. The third-order valence-corrected chi connectivity index (χ3v) is 5.88. The maximum atomic E-state index is 12.9. The summed E-state index contributed by atoms with van der Waals surface area (Å²) >= 11 is 0.908. The second kappa shape index (κ2) is 5.82. The molecule has 3 rings (SSSR count). The number of aldehydes is 1. The van der Waals surface area contributed by atoms with Crippen molar-refractivity contribution in [2.75, 3.05) is 0 Å². The zero-order valence-corrected chi connectivity index (χ0v) is 14.6. The Labute approximate surface area is 144 Å². The zero-order chi connectivity index (χ0) is 18.6. The minimum absolute atomic E-state index is 0.152. The second-order valence-electron chi connectivity index (χ2n) is 6.53. The van der Waals surface area contributed by atoms with E-state index in [1.165, 1.54) is 0 Å². The Bertz CT molecular complexity index is 964. The first-order valence-electron chi connectivity index (χ1n) is 7.96. The number of rotatable bonds is 5. The number of aryl methyl sites for hydroxylation is 2. The first kappa shape index (κ1) is 17.9. The van der Waals surface area contributed by atoms with Crippen LogP contribution < -0.4 is 11.2 Å². The summed E-state index contributed by atoms with van der Waals surface area (Å²) in [6, 6.07) is 0. The summed E-state index contributed by atoms with van der Waals surface area (Å²) < 4.78 is 40.1. The molecule has 0 saturated heterocycles. The Balaban J connectivity index is 2.36. The van der Waals surface area contributed by atoms with Crippen molar-refractivity contribution in [3.8, 4) is 0 Å². The first-order valence-corrected chi connectivity index (χ1v) is 8.78. The van der Waals surface area contributed by atoms with E-state index in [-0.39, 0.29) is 15.1 Å². The van der Waals surface area contributed by atoms with Crippen molar-refractivity contribution < 1.29 is 18.0 Å². The van der Waals surface area contributed by atoms with E-state index in [1.807, 2.05) is 0 Å². The molecule has 0 atom stereocenters. The van der Waals surface area contributed by atoms with E-state index in [1.54, 1.807) is 13.8 Å². The van der Waals surface area contributed by atoms with E-state index in [9.17, 15) is 27.6 Å². The molecular formula is C16H17F3N2O3S. The minimum atomic E-state index is -4.42. The number of fused-ring (bicyclic) bond motifs is 1. The molecule has 1 fully saturated rings. The summed E-state index contributed by atoms with van der Waals surface area (Å²) in [7, 11) is 0. The number of hydrogen-bond acceptors (Lipinski definition) is 4. The molecule has 0 bridgehead atoms. The molecule has 5 nitrogen and oxygen atoms in total. The van der Waals surface area contributed by atoms with Gasteiger partial charge in [-0.1, -0.05) is 6.92 Å². The number of carbonyl (C=O) groups is 1. The molecule has 25 heavy (non-hydrogen) atoms. The Morgan fingerprint density at radius 2 is 1.92 bits per heavy atom. The second-order valence-corrected chi connectivity index (χ2v) is 7.56. The molecule has 9 heteroatoms. The highest BCUT2D eigenvalue weighted by atomic mass is 32.1. The molecule has 0 unspecified atom stereocenters. The van der Waals surface area contributed by atoms with Crippen molar-refractivity contribution in [2.24, 2.45) is 0 Å². The number of carbonyl (C=O) groups excluding carboxylic acids is 1. The van der Waals surface area contributed by atoms with Crippen LogP contribution in [0.5, 0.6) is 0 Å². The normalized spacial score (nSPS) is 16.4. The minimum Gasteiger partial charge on any atom is -0.297 e. The number of halogens is 3. The highest BCUT2D eigenvalue weighted by Crippen LogP contribution is 2.41. The molecule has 1 saturated carbocycles. The molecular weight excluding hydrogens is 357 g/mol. The van der Waals surface area contributed by atoms with Crippen LogP contribution in [-0.4, -0.2) is 21.6 Å². The van der Waals surface area contributed by atoms with Gasteiger partial charge in [0.05, 0.1) is 22.2 Å². The van der Waals surface area contributed by atoms with E-state index < -0.39 is 35.9 Å². The van der Waals surface area contributed by atoms with Crippen LogP contribution in [0.4, 0.5) is 13.2 Å². The molecule has 0 aromatic carbocycles. The lowest BCUT2D eigenvalue weighted by atomic mass is 10.1. The van der Waals surface area contributed by atoms with E-state index in [2.05, 4.69) is 0 Å². The maximum Gasteiger partial charge on any atom is 0.390 e. The van der Waals surface area contributed by atoms with Crippen LogP contribution in [-0.2, 0) is 18.5 Å². The summed E-state index contributed by atoms with van der Waals surface area (Å²) in [6.45, 7) is 2.94. The highest BCUT2D eigenvalue weighted by molar-refractivity contribution is 7.20. The highest BCUT2D eigenvalue weighted by Gasteiger charge is 2.43. The monoisotopic (exact) mass is 374 g/mol. The average molecular weight is 374 g/mol. The molecule has 2 heterocycles. The zero-order valence-electron chi connectivity index (χ0n) is 13.8. The van der Waals surface area contributed by atoms with Crippen LogP contribution in [0.3, 0.4) is 0 Å². The molecule has 2 aromatic heterocycles. The fourth-order valence-electron chi connectivity index (χ4n) is 3.05. The van der Waals surface area contributed by atoms with Crippen LogP contribution in [0.1, 0.15) is 48.3 Å². The largest absolute Gasteiger partial charge is 0.390 e. The van der Waals surface area contributed by atoms with Gasteiger partial charge in [0.25, 0.3) is 5.56 Å². The van der Waals surface area contributed by atoms with E-state index in [0.29, 0.717) is 31.1 Å². The SMILES string of the molecule is CCc1c(C=O)sc2c1c(=O)n(C1(C)CC1)c(=O)n2CCC(F)(F)F. The molecule has 1 aliphatic rings.